The van der Waals surface area contributed by atoms with Crippen molar-refractivity contribution < 1.29 is 83.3 Å². The molecule has 20 nitrogen and oxygen atoms in total. The maximum Gasteiger partial charge on any atom is 1.00 e. The van der Waals surface area contributed by atoms with Crippen LogP contribution in [0.1, 0.15) is 17.8 Å². The van der Waals surface area contributed by atoms with Gasteiger partial charge in [-0.05, 0) is 12.2 Å². The van der Waals surface area contributed by atoms with Crippen LogP contribution in [0.4, 0.5) is 10.3 Å². The molecule has 4 atom stereocenters. The third-order valence-electron chi connectivity index (χ3n) is 7.38. The van der Waals surface area contributed by atoms with Gasteiger partial charge in [-0.1, -0.05) is 11.2 Å². The molecule has 25 heteroatoms. The molecule has 0 aliphatic carbocycles. The van der Waals surface area contributed by atoms with Gasteiger partial charge in [-0.2, -0.15) is 0 Å². The number of β-lactam (4-membered cyclic amide) rings is 2. The summed E-state index contributed by atoms with van der Waals surface area (Å²) in [7, 11) is 1.27. The maximum absolute atomic E-state index is 12.6. The molecule has 53 heavy (non-hydrogen) atoms. The van der Waals surface area contributed by atoms with E-state index in [2.05, 4.69) is 30.6 Å². The van der Waals surface area contributed by atoms with E-state index in [1.807, 2.05) is 0 Å². The number of aromatic nitrogens is 2. The molecule has 2 aromatic heterocycles. The molecule has 4 amide bonds. The van der Waals surface area contributed by atoms with Gasteiger partial charge >= 0.3 is 41.5 Å². The summed E-state index contributed by atoms with van der Waals surface area (Å²) in [5.41, 5.74) is 11.1. The number of rotatable bonds is 11. The average molecular weight is 816 g/mol. The maximum atomic E-state index is 12.6. The topological polar surface area (TPSA) is 313 Å². The molecule has 2 fully saturated rings. The molecule has 0 radical (unpaired) electrons. The van der Waals surface area contributed by atoms with Crippen LogP contribution in [0.2, 0.25) is 0 Å². The van der Waals surface area contributed by atoms with Gasteiger partial charge in [0.15, 0.2) is 16.0 Å². The number of amides is 4. The van der Waals surface area contributed by atoms with Crippen LogP contribution in [0.15, 0.2) is 45.5 Å². The van der Waals surface area contributed by atoms with Crippen LogP contribution in [-0.4, -0.2) is 119 Å². The third-order valence-corrected chi connectivity index (χ3v) is 11.1. The summed E-state index contributed by atoms with van der Waals surface area (Å²) < 4.78 is 0. The first-order valence-corrected chi connectivity index (χ1v) is 18.4. The Bertz CT molecular complexity index is 1980. The zero-order valence-electron chi connectivity index (χ0n) is 27.4. The Morgan fingerprint density at radius 3 is 1.91 bits per heavy atom. The third kappa shape index (κ3) is 8.85. The average Bonchev–Trinajstić information content (AvgIpc) is 3.74. The fourth-order valence-electron chi connectivity index (χ4n) is 5.10. The fraction of sp³-hybridized carbons (Fsp3) is 0.286. The second kappa shape index (κ2) is 17.6. The van der Waals surface area contributed by atoms with Gasteiger partial charge in [0, 0.05) is 22.3 Å². The summed E-state index contributed by atoms with van der Waals surface area (Å²) in [5.74, 6) is -5.39. The second-order valence-corrected chi connectivity index (χ2v) is 14.6. The number of carbonyl (C=O) groups excluding carboxylic acids is 5. The summed E-state index contributed by atoms with van der Waals surface area (Å²) in [6.07, 6.45) is 3.64. The Morgan fingerprint density at radius 2 is 1.43 bits per heavy atom. The molecule has 8 N–H and O–H groups in total. The van der Waals surface area contributed by atoms with E-state index in [-0.39, 0.29) is 73.9 Å². The van der Waals surface area contributed by atoms with Gasteiger partial charge in [-0.25, -0.2) is 14.8 Å². The molecular weight excluding hydrogens is 790 g/mol. The molecule has 0 spiro atoms. The van der Waals surface area contributed by atoms with Crippen LogP contribution >= 0.6 is 46.2 Å². The molecule has 0 unspecified atom stereocenters. The number of aliphatic carboxylic acids is 3. The van der Waals surface area contributed by atoms with E-state index in [1.165, 1.54) is 59.6 Å². The van der Waals surface area contributed by atoms with Gasteiger partial charge in [0.1, 0.15) is 41.3 Å². The number of carboxylic acid groups (broad SMARTS) is 3. The predicted octanol–water partition coefficient (Wildman–Crippen LogP) is -4.93. The van der Waals surface area contributed by atoms with Crippen molar-refractivity contribution >= 4 is 109 Å². The minimum Gasteiger partial charge on any atom is -0.543 e. The fourth-order valence-corrected chi connectivity index (χ4v) is 8.60. The summed E-state index contributed by atoms with van der Waals surface area (Å²) in [4.78, 5) is 97.6. The number of carbonyl (C=O) groups is 7. The normalized spacial score (nSPS) is 21.8. The Balaban J connectivity index is 0.000000233. The van der Waals surface area contributed by atoms with Crippen LogP contribution in [0.5, 0.6) is 0 Å². The van der Waals surface area contributed by atoms with Gasteiger partial charge in [-0.15, -0.1) is 46.2 Å². The summed E-state index contributed by atoms with van der Waals surface area (Å²) in [6.45, 7) is 0. The Kier molecular flexibility index (Phi) is 13.7. The molecule has 6 rings (SSSR count). The SMILES string of the molecule is CO/N=C(\C(=O)N[C@@H]1C(=O)N2C(C(=O)[O-])=CCS[C@H]12)c1csc(N)n1.Nc1nc(/C(=C/CC(=O)O)C(=O)N[C@@H]2C(=O)N3C(C(=O)O)=CCS[C@H]23)cs1.[Na+]. The van der Waals surface area contributed by atoms with Crippen LogP contribution < -0.4 is 56.8 Å². The molecular formula is C28H26N9NaO11S4. The standard InChI is InChI=1S/C15H14N4O6S2.C13H13N5O5S2.Na/c16-15-17-7(5-27-15)6(1-2-9(20)21)11(22)18-10-12(23)19-8(14(24)25)3-4-26-13(10)19;1-23-17-7(5-4-25-13(14)15-5)9(19)16-8-10(20)18-6(12(21)22)2-3-24-11(8)18;/h1,3,5,10,13H,2,4H2,(H2,16,17)(H,18,22)(H,20,21)(H,24,25);2,4,8,11H,3H2,1H3,(H2,14,15)(H,16,19)(H,21,22);/q;;+1/p-1/b6-1-;17-7-;/t10-,13-;8-,11-;/m11./s1. The molecule has 0 bridgehead atoms. The first-order chi connectivity index (χ1) is 24.7. The zero-order chi connectivity index (χ0) is 37.9. The number of nitrogens with two attached hydrogens (primary N) is 2. The molecule has 4 aliphatic heterocycles. The van der Waals surface area contributed by atoms with E-state index in [9.17, 15) is 38.7 Å². The van der Waals surface area contributed by atoms with Crippen molar-refractivity contribution in [3.8, 4) is 0 Å². The second-order valence-electron chi connectivity index (χ2n) is 10.5. The monoisotopic (exact) mass is 815 g/mol. The molecule has 6 heterocycles. The Labute approximate surface area is 337 Å². The van der Waals surface area contributed by atoms with Crippen molar-refractivity contribution in [3.05, 3.63) is 51.8 Å². The van der Waals surface area contributed by atoms with E-state index in [0.29, 0.717) is 11.5 Å². The van der Waals surface area contributed by atoms with Crippen molar-refractivity contribution in [3.63, 3.8) is 0 Å². The van der Waals surface area contributed by atoms with E-state index in [1.54, 1.807) is 0 Å². The number of thioether (sulfide) groups is 2. The number of nitrogen functional groups attached to an aromatic ring is 2. The Morgan fingerprint density at radius 1 is 0.925 bits per heavy atom. The van der Waals surface area contributed by atoms with E-state index in [0.717, 1.165) is 32.5 Å². The largest absolute Gasteiger partial charge is 1.00 e. The van der Waals surface area contributed by atoms with Gasteiger partial charge in [-0.3, -0.25) is 33.8 Å². The predicted molar refractivity (Wildman–Crippen MR) is 186 cm³/mol. The van der Waals surface area contributed by atoms with E-state index < -0.39 is 70.8 Å². The summed E-state index contributed by atoms with van der Waals surface area (Å²) in [5, 5.41) is 40.3. The number of nitrogens with one attached hydrogen (secondary N) is 2. The van der Waals surface area contributed by atoms with Crippen LogP contribution in [0.3, 0.4) is 0 Å². The van der Waals surface area contributed by atoms with Crippen LogP contribution in [-0.2, 0) is 38.4 Å². The smallest absolute Gasteiger partial charge is 0.543 e. The number of thiazole rings is 2. The first kappa shape index (κ1) is 41.3. The van der Waals surface area contributed by atoms with Crippen molar-refractivity contribution in [2.24, 2.45) is 5.16 Å². The van der Waals surface area contributed by atoms with Gasteiger partial charge in [0.25, 0.3) is 23.6 Å². The number of oxime groups is 1. The molecule has 2 saturated heterocycles. The van der Waals surface area contributed by atoms with E-state index in [4.69, 9.17) is 21.7 Å². The van der Waals surface area contributed by atoms with Crippen LogP contribution in [0, 0.1) is 0 Å². The number of fused-ring (bicyclic) bond motifs is 2. The quantitative estimate of drug-likeness (QED) is 0.0407. The van der Waals surface area contributed by atoms with Crippen LogP contribution in [0.25, 0.3) is 5.57 Å². The molecule has 0 aromatic carbocycles. The number of carboxylic acids is 3. The van der Waals surface area contributed by atoms with Gasteiger partial charge < -0.3 is 47.1 Å². The van der Waals surface area contributed by atoms with Crippen molar-refractivity contribution in [2.75, 3.05) is 30.1 Å². The molecule has 2 aromatic rings. The number of anilines is 2. The molecule has 4 aliphatic rings. The zero-order valence-corrected chi connectivity index (χ0v) is 32.7. The molecule has 0 saturated carbocycles. The van der Waals surface area contributed by atoms with Gasteiger partial charge in [0.05, 0.1) is 29.4 Å². The van der Waals surface area contributed by atoms with Crippen molar-refractivity contribution in [1.29, 1.82) is 0 Å². The summed E-state index contributed by atoms with van der Waals surface area (Å²) in [6, 6.07) is -1.78. The summed E-state index contributed by atoms with van der Waals surface area (Å²) >= 11 is 4.87. The Hall–Kier alpha value is -4.46. The number of hydrogen-bond donors (Lipinski definition) is 6. The van der Waals surface area contributed by atoms with Gasteiger partial charge in [0.2, 0.25) is 0 Å². The number of hydrogen-bond acceptors (Lipinski definition) is 18. The van der Waals surface area contributed by atoms with Crippen molar-refractivity contribution in [2.45, 2.75) is 29.3 Å². The van der Waals surface area contributed by atoms with E-state index >= 15 is 0 Å². The molecule has 274 valence electrons. The minimum absolute atomic E-state index is 0. The minimum atomic E-state index is -1.43. The number of nitrogens with zero attached hydrogens (tertiary/aromatic N) is 5. The first-order valence-electron chi connectivity index (χ1n) is 14.5. The van der Waals surface area contributed by atoms with Crippen molar-refractivity contribution in [1.82, 2.24) is 30.4 Å².